The molecule has 1 aliphatic heterocycles. The van der Waals surface area contributed by atoms with Crippen LogP contribution in [-0.4, -0.2) is 23.0 Å². The first-order valence-corrected chi connectivity index (χ1v) is 6.96. The van der Waals surface area contributed by atoms with E-state index in [-0.39, 0.29) is 10.3 Å². The molecular weight excluding hydrogens is 275 g/mol. The highest BCUT2D eigenvalue weighted by Crippen LogP contribution is 2.36. The molecule has 2 nitrogen and oxygen atoms in total. The lowest BCUT2D eigenvalue weighted by molar-refractivity contribution is 0.0949. The Kier molecular flexibility index (Phi) is 4.08. The van der Waals surface area contributed by atoms with E-state index in [4.69, 9.17) is 0 Å². The predicted octanol–water partition coefficient (Wildman–Crippen LogP) is 3.12. The quantitative estimate of drug-likeness (QED) is 0.866. The van der Waals surface area contributed by atoms with Crippen LogP contribution in [0.5, 0.6) is 0 Å². The number of amides is 1. The van der Waals surface area contributed by atoms with E-state index < -0.39 is 23.4 Å². The van der Waals surface area contributed by atoms with Crippen LogP contribution in [-0.2, 0) is 0 Å². The Morgan fingerprint density at radius 1 is 1.37 bits per heavy atom. The first-order chi connectivity index (χ1) is 8.91. The minimum absolute atomic E-state index is 0.0349. The highest BCUT2D eigenvalue weighted by molar-refractivity contribution is 8.00. The summed E-state index contributed by atoms with van der Waals surface area (Å²) in [6, 6.07) is 1.41. The molecule has 0 radical (unpaired) electrons. The van der Waals surface area contributed by atoms with Crippen LogP contribution in [0.2, 0.25) is 0 Å². The molecule has 0 aromatic heterocycles. The van der Waals surface area contributed by atoms with E-state index in [1.807, 2.05) is 6.92 Å². The van der Waals surface area contributed by atoms with Crippen molar-refractivity contribution in [1.82, 2.24) is 5.32 Å². The largest absolute Gasteiger partial charge is 0.351 e. The van der Waals surface area contributed by atoms with Crippen LogP contribution in [0, 0.1) is 17.5 Å². The fourth-order valence-electron chi connectivity index (χ4n) is 2.03. The number of thioether (sulfide) groups is 1. The van der Waals surface area contributed by atoms with Crippen molar-refractivity contribution >= 4 is 17.7 Å². The van der Waals surface area contributed by atoms with Crippen molar-refractivity contribution in [3.8, 4) is 0 Å². The Bertz CT molecular complexity index is 478. The van der Waals surface area contributed by atoms with Crippen LogP contribution in [0.4, 0.5) is 13.2 Å². The zero-order chi connectivity index (χ0) is 14.0. The number of hydrogen-bond donors (Lipinski definition) is 1. The van der Waals surface area contributed by atoms with Crippen LogP contribution in [0.3, 0.4) is 0 Å². The second-order valence-electron chi connectivity index (χ2n) is 4.84. The third kappa shape index (κ3) is 3.23. The molecule has 0 bridgehead atoms. The average molecular weight is 289 g/mol. The standard InChI is InChI=1S/C13H14F3NOS/c1-13(3-2-4-19-13)7-17-12(18)8-5-9(14)11(16)10(15)6-8/h5-6H,2-4,7H2,1H3,(H,17,18). The van der Waals surface area contributed by atoms with Gasteiger partial charge in [-0.1, -0.05) is 0 Å². The second kappa shape index (κ2) is 5.45. The van der Waals surface area contributed by atoms with Crippen LogP contribution in [0.15, 0.2) is 12.1 Å². The van der Waals surface area contributed by atoms with E-state index in [0.717, 1.165) is 18.6 Å². The summed E-state index contributed by atoms with van der Waals surface area (Å²) in [4.78, 5) is 11.8. The number of carbonyl (C=O) groups excluding carboxylic acids is 1. The van der Waals surface area contributed by atoms with Crippen molar-refractivity contribution in [3.05, 3.63) is 35.1 Å². The fraction of sp³-hybridized carbons (Fsp3) is 0.462. The SMILES string of the molecule is CC1(CNC(=O)c2cc(F)c(F)c(F)c2)CCCS1. The fourth-order valence-corrected chi connectivity index (χ4v) is 3.28. The van der Waals surface area contributed by atoms with Gasteiger partial charge in [0.05, 0.1) is 0 Å². The number of carbonyl (C=O) groups is 1. The topological polar surface area (TPSA) is 29.1 Å². The minimum atomic E-state index is -1.56. The van der Waals surface area contributed by atoms with Gasteiger partial charge in [0, 0.05) is 16.9 Å². The first-order valence-electron chi connectivity index (χ1n) is 5.98. The highest BCUT2D eigenvalue weighted by Gasteiger charge is 2.30. The van der Waals surface area contributed by atoms with Gasteiger partial charge in [-0.05, 0) is 37.7 Å². The van der Waals surface area contributed by atoms with Gasteiger partial charge in [0.1, 0.15) is 0 Å². The smallest absolute Gasteiger partial charge is 0.251 e. The molecule has 0 saturated carbocycles. The molecule has 1 saturated heterocycles. The summed E-state index contributed by atoms with van der Waals surface area (Å²) in [6.45, 7) is 2.47. The molecule has 1 fully saturated rings. The van der Waals surface area contributed by atoms with E-state index in [9.17, 15) is 18.0 Å². The van der Waals surface area contributed by atoms with E-state index in [1.54, 1.807) is 11.8 Å². The summed E-state index contributed by atoms with van der Waals surface area (Å²) in [5, 5.41) is 2.64. The maximum atomic E-state index is 13.0. The van der Waals surface area contributed by atoms with Gasteiger partial charge in [-0.25, -0.2) is 13.2 Å². The van der Waals surface area contributed by atoms with Gasteiger partial charge in [-0.3, -0.25) is 4.79 Å². The predicted molar refractivity (Wildman–Crippen MR) is 68.7 cm³/mol. The van der Waals surface area contributed by atoms with Crippen LogP contribution in [0.1, 0.15) is 30.1 Å². The summed E-state index contributed by atoms with van der Waals surface area (Å²) in [7, 11) is 0. The lowest BCUT2D eigenvalue weighted by Crippen LogP contribution is -2.36. The van der Waals surface area contributed by atoms with Crippen molar-refractivity contribution in [2.45, 2.75) is 24.5 Å². The van der Waals surface area contributed by atoms with Crippen LogP contribution < -0.4 is 5.32 Å². The Morgan fingerprint density at radius 2 is 2.00 bits per heavy atom. The molecule has 0 aliphatic carbocycles. The summed E-state index contributed by atoms with van der Waals surface area (Å²) in [5.41, 5.74) is -0.206. The Hall–Kier alpha value is -1.17. The molecule has 6 heteroatoms. The van der Waals surface area contributed by atoms with Crippen molar-refractivity contribution in [2.75, 3.05) is 12.3 Å². The third-order valence-electron chi connectivity index (χ3n) is 3.17. The molecule has 2 rings (SSSR count). The van der Waals surface area contributed by atoms with Gasteiger partial charge in [0.25, 0.3) is 5.91 Å². The highest BCUT2D eigenvalue weighted by atomic mass is 32.2. The molecule has 1 amide bonds. The Labute approximate surface area is 113 Å². The maximum absolute atomic E-state index is 13.0. The molecule has 104 valence electrons. The van der Waals surface area contributed by atoms with E-state index in [0.29, 0.717) is 18.7 Å². The van der Waals surface area contributed by atoms with E-state index in [2.05, 4.69) is 5.32 Å². The second-order valence-corrected chi connectivity index (χ2v) is 6.52. The molecule has 1 aliphatic rings. The molecule has 1 atom stereocenters. The summed E-state index contributed by atoms with van der Waals surface area (Å²) in [6.07, 6.45) is 2.08. The van der Waals surface area contributed by atoms with Crippen LogP contribution in [0.25, 0.3) is 0 Å². The monoisotopic (exact) mass is 289 g/mol. The Morgan fingerprint density at radius 3 is 2.53 bits per heavy atom. The minimum Gasteiger partial charge on any atom is -0.351 e. The lowest BCUT2D eigenvalue weighted by Gasteiger charge is -2.22. The molecule has 1 aromatic rings. The molecule has 1 aromatic carbocycles. The molecule has 1 N–H and O–H groups in total. The average Bonchev–Trinajstić information content (AvgIpc) is 2.80. The van der Waals surface area contributed by atoms with Crippen molar-refractivity contribution < 1.29 is 18.0 Å². The number of nitrogens with one attached hydrogen (secondary N) is 1. The summed E-state index contributed by atoms with van der Waals surface area (Å²) in [5.74, 6) is -3.81. The zero-order valence-corrected chi connectivity index (χ0v) is 11.3. The van der Waals surface area contributed by atoms with Gasteiger partial charge in [-0.15, -0.1) is 0 Å². The van der Waals surface area contributed by atoms with Gasteiger partial charge in [-0.2, -0.15) is 11.8 Å². The molecule has 19 heavy (non-hydrogen) atoms. The molecule has 0 spiro atoms. The first kappa shape index (κ1) is 14.2. The van der Waals surface area contributed by atoms with Gasteiger partial charge in [0.15, 0.2) is 17.5 Å². The third-order valence-corrected chi connectivity index (χ3v) is 4.71. The number of rotatable bonds is 3. The van der Waals surface area contributed by atoms with E-state index in [1.165, 1.54) is 0 Å². The van der Waals surface area contributed by atoms with Crippen molar-refractivity contribution in [2.24, 2.45) is 0 Å². The summed E-state index contributed by atoms with van der Waals surface area (Å²) >= 11 is 1.77. The van der Waals surface area contributed by atoms with Gasteiger partial charge < -0.3 is 5.32 Å². The molecule has 1 heterocycles. The molecule has 1 unspecified atom stereocenters. The van der Waals surface area contributed by atoms with Crippen molar-refractivity contribution in [3.63, 3.8) is 0 Å². The number of benzene rings is 1. The van der Waals surface area contributed by atoms with Crippen LogP contribution >= 0.6 is 11.8 Å². The van der Waals surface area contributed by atoms with Gasteiger partial charge >= 0.3 is 0 Å². The number of halogens is 3. The van der Waals surface area contributed by atoms with E-state index >= 15 is 0 Å². The Balaban J connectivity index is 2.04. The molecular formula is C13H14F3NOS. The maximum Gasteiger partial charge on any atom is 0.251 e. The normalized spacial score (nSPS) is 22.5. The number of hydrogen-bond acceptors (Lipinski definition) is 2. The lowest BCUT2D eigenvalue weighted by atomic mass is 10.1. The zero-order valence-electron chi connectivity index (χ0n) is 10.4. The summed E-state index contributed by atoms with van der Waals surface area (Å²) < 4.78 is 38.8. The van der Waals surface area contributed by atoms with Gasteiger partial charge in [0.2, 0.25) is 0 Å². The van der Waals surface area contributed by atoms with Crippen molar-refractivity contribution in [1.29, 1.82) is 0 Å².